The Morgan fingerprint density at radius 2 is 1.95 bits per heavy atom. The average Bonchev–Trinajstić information content (AvgIpc) is 3.42. The van der Waals surface area contributed by atoms with Crippen LogP contribution in [0.15, 0.2) is 23.5 Å². The van der Waals surface area contributed by atoms with Gasteiger partial charge in [-0.15, -0.1) is 0 Å². The normalized spacial score (nSPS) is 49.8. The molecule has 11 nitrogen and oxygen atoms in total. The van der Waals surface area contributed by atoms with Crippen LogP contribution in [0.4, 0.5) is 0 Å². The Hall–Kier alpha value is -2.31. The second-order valence-corrected chi connectivity index (χ2v) is 11.9. The number of H-pyrrole nitrogens is 1. The van der Waals surface area contributed by atoms with E-state index in [1.165, 1.54) is 26.3 Å². The predicted molar refractivity (Wildman–Crippen MR) is 128 cm³/mol. The molecule has 5 N–H and O–H groups in total. The highest BCUT2D eigenvalue weighted by Crippen LogP contribution is 2.73. The van der Waals surface area contributed by atoms with Crippen LogP contribution in [0.25, 0.3) is 0 Å². The third-order valence-corrected chi connectivity index (χ3v) is 10.1. The molecule has 1 aromatic rings. The van der Waals surface area contributed by atoms with Gasteiger partial charge in [0.25, 0.3) is 0 Å². The summed E-state index contributed by atoms with van der Waals surface area (Å²) in [5, 5.41) is 53.0. The molecule has 2 aliphatic carbocycles. The highest BCUT2D eigenvalue weighted by molar-refractivity contribution is 6.08. The molecule has 2 aliphatic heterocycles. The highest BCUT2D eigenvalue weighted by Gasteiger charge is 2.92. The Morgan fingerprint density at radius 3 is 2.51 bits per heavy atom. The lowest BCUT2D eigenvalue weighted by atomic mass is 9.48. The molecule has 0 amide bonds. The smallest absolute Gasteiger partial charge is 0.355 e. The van der Waals surface area contributed by atoms with Gasteiger partial charge in [-0.2, -0.15) is 0 Å². The van der Waals surface area contributed by atoms with Crippen LogP contribution in [0.5, 0.6) is 0 Å². The van der Waals surface area contributed by atoms with E-state index in [0.29, 0.717) is 6.42 Å². The van der Waals surface area contributed by atoms with E-state index in [0.717, 1.165) is 0 Å². The van der Waals surface area contributed by atoms with Crippen molar-refractivity contribution in [2.75, 3.05) is 7.11 Å². The minimum absolute atomic E-state index is 0.0275. The molecule has 11 heteroatoms. The van der Waals surface area contributed by atoms with Gasteiger partial charge in [-0.05, 0) is 43.7 Å². The van der Waals surface area contributed by atoms with Crippen molar-refractivity contribution in [2.45, 2.75) is 88.7 Å². The molecule has 5 rings (SSSR count). The molecule has 0 aromatic carbocycles. The van der Waals surface area contributed by atoms with Gasteiger partial charge < -0.3 is 39.7 Å². The Kier molecular flexibility index (Phi) is 5.42. The number of aromatic amines is 1. The fourth-order valence-corrected chi connectivity index (χ4v) is 7.84. The average molecular weight is 521 g/mol. The zero-order chi connectivity index (χ0) is 27.4. The van der Waals surface area contributed by atoms with Gasteiger partial charge in [-0.3, -0.25) is 4.79 Å². The molecule has 4 aliphatic rings. The number of rotatable bonds is 4. The number of aliphatic hydroxyl groups is 4. The minimum Gasteiger partial charge on any atom is -0.448 e. The van der Waals surface area contributed by atoms with E-state index >= 15 is 0 Å². The molecule has 3 heterocycles. The molecule has 3 bridgehead atoms. The molecule has 37 heavy (non-hydrogen) atoms. The van der Waals surface area contributed by atoms with Crippen LogP contribution in [0.2, 0.25) is 0 Å². The predicted octanol–water partition coefficient (Wildman–Crippen LogP) is 0.908. The van der Waals surface area contributed by atoms with Gasteiger partial charge in [0.2, 0.25) is 0 Å². The van der Waals surface area contributed by atoms with Crippen LogP contribution in [-0.2, 0) is 19.1 Å². The number of aromatic nitrogens is 1. The van der Waals surface area contributed by atoms with Gasteiger partial charge in [0.05, 0.1) is 11.5 Å². The number of hydrogen-bond donors (Lipinski definition) is 5. The van der Waals surface area contributed by atoms with Crippen LogP contribution in [0.1, 0.15) is 64.4 Å². The largest absolute Gasteiger partial charge is 0.448 e. The van der Waals surface area contributed by atoms with Gasteiger partial charge in [-0.1, -0.05) is 32.9 Å². The topological polar surface area (TPSA) is 171 Å². The monoisotopic (exact) mass is 520 g/mol. The number of carbonyl (C=O) groups is 2. The molecule has 1 aromatic heterocycles. The molecule has 2 saturated carbocycles. The van der Waals surface area contributed by atoms with Crippen LogP contribution >= 0.6 is 0 Å². The number of carbonyl (C=O) groups excluding carboxylic acids is 2. The lowest BCUT2D eigenvalue weighted by Gasteiger charge is -2.62. The van der Waals surface area contributed by atoms with Gasteiger partial charge in [0, 0.05) is 12.6 Å². The number of ketones is 1. The summed E-state index contributed by atoms with van der Waals surface area (Å²) < 4.78 is 12.1. The fourth-order valence-electron chi connectivity index (χ4n) is 7.84. The van der Waals surface area contributed by atoms with E-state index < -0.39 is 69.2 Å². The Balaban J connectivity index is 1.86. The van der Waals surface area contributed by atoms with Gasteiger partial charge in [0.1, 0.15) is 35.1 Å². The summed E-state index contributed by atoms with van der Waals surface area (Å²) in [7, 11) is 1.27. The third-order valence-electron chi connectivity index (χ3n) is 10.1. The number of fused-ring (bicyclic) bond motifs is 2. The van der Waals surface area contributed by atoms with E-state index in [-0.39, 0.29) is 24.2 Å². The second kappa shape index (κ2) is 7.63. The summed E-state index contributed by atoms with van der Waals surface area (Å²) in [6, 6.07) is 3.09. The number of ether oxygens (including phenoxy) is 2. The lowest BCUT2D eigenvalue weighted by Crippen LogP contribution is -2.80. The number of hydrogen-bond acceptors (Lipinski definition) is 10. The fraction of sp³-hybridized carbons (Fsp3) is 0.731. The van der Waals surface area contributed by atoms with Gasteiger partial charge in [0.15, 0.2) is 23.3 Å². The molecule has 204 valence electrons. The van der Waals surface area contributed by atoms with Gasteiger partial charge in [-0.25, -0.2) is 4.79 Å². The quantitative estimate of drug-likeness (QED) is 0.286. The molecule has 0 unspecified atom stereocenters. The summed E-state index contributed by atoms with van der Waals surface area (Å²) in [5.74, 6) is -5.27. The van der Waals surface area contributed by atoms with Crippen molar-refractivity contribution in [1.29, 1.82) is 0 Å². The van der Waals surface area contributed by atoms with Crippen molar-refractivity contribution < 1.29 is 44.3 Å². The third kappa shape index (κ3) is 2.62. The zero-order valence-corrected chi connectivity index (χ0v) is 21.9. The van der Waals surface area contributed by atoms with Gasteiger partial charge >= 0.3 is 5.97 Å². The first-order valence-corrected chi connectivity index (χ1v) is 12.7. The van der Waals surface area contributed by atoms with Crippen LogP contribution in [-0.4, -0.2) is 84.8 Å². The Morgan fingerprint density at radius 1 is 1.27 bits per heavy atom. The SMILES string of the molecule is CO/N=C1/[C@H](OC(=O)c2ccc[nH]2)[C@](O)(C(C)C)[C@]2(C)C(=O)[C@]34O[C@@]2(O)C[C@@]1(C)[C@@]3(O)CC[C@H](C)[C@H]4O. The van der Waals surface area contributed by atoms with E-state index in [1.54, 1.807) is 33.8 Å². The summed E-state index contributed by atoms with van der Waals surface area (Å²) in [6.45, 7) is 7.92. The van der Waals surface area contributed by atoms with Crippen LogP contribution in [0, 0.1) is 22.7 Å². The van der Waals surface area contributed by atoms with Crippen molar-refractivity contribution >= 4 is 17.5 Å². The Labute approximate surface area is 214 Å². The summed E-state index contributed by atoms with van der Waals surface area (Å²) in [5.41, 5.74) is -10.4. The number of aliphatic hydroxyl groups excluding tert-OH is 1. The number of esters is 1. The maximum atomic E-state index is 14.6. The molecule has 2 saturated heterocycles. The molecule has 9 atom stereocenters. The number of nitrogens with one attached hydrogen (secondary N) is 1. The van der Waals surface area contributed by atoms with Crippen molar-refractivity contribution in [2.24, 2.45) is 27.8 Å². The van der Waals surface area contributed by atoms with Crippen molar-refractivity contribution in [3.63, 3.8) is 0 Å². The molecular formula is C26H36N2O9. The highest BCUT2D eigenvalue weighted by atomic mass is 16.7. The maximum absolute atomic E-state index is 14.6. The van der Waals surface area contributed by atoms with E-state index in [2.05, 4.69) is 10.1 Å². The Bertz CT molecular complexity index is 1170. The number of nitrogens with zero attached hydrogens (tertiary/aromatic N) is 1. The first-order chi connectivity index (χ1) is 17.1. The molecular weight excluding hydrogens is 484 g/mol. The number of Topliss-reactive ketones (excluding diaryl/α,β-unsaturated/α-hetero) is 1. The standard InChI is InChI=1S/C26H36N2O9/c1-13(2)25(34)18(36-19(30)15-8-7-11-27-15)16(28-35-6)21(4)12-24(33)22(25,5)20(31)26(37-24)17(29)14(3)9-10-23(21,26)32/h7-8,11,13-14,17-18,27,29,32-34H,9-10,12H2,1-6H3/b28-16-/t14-,17+,18-,21+,22+,23-,24-,25+,26-/m0/s1. The van der Waals surface area contributed by atoms with E-state index in [4.69, 9.17) is 14.3 Å². The van der Waals surface area contributed by atoms with E-state index in [9.17, 15) is 30.0 Å². The lowest BCUT2D eigenvalue weighted by molar-refractivity contribution is -0.382. The maximum Gasteiger partial charge on any atom is 0.355 e. The number of oxime groups is 1. The van der Waals surface area contributed by atoms with Crippen LogP contribution in [0.3, 0.4) is 0 Å². The first-order valence-electron chi connectivity index (χ1n) is 12.7. The molecule has 1 spiro atoms. The summed E-state index contributed by atoms with van der Waals surface area (Å²) in [6.07, 6.45) is -1.56. The van der Waals surface area contributed by atoms with Crippen LogP contribution < -0.4 is 0 Å². The summed E-state index contributed by atoms with van der Waals surface area (Å²) >= 11 is 0. The van der Waals surface area contributed by atoms with E-state index in [1.807, 2.05) is 0 Å². The second-order valence-electron chi connectivity index (χ2n) is 11.9. The molecule has 0 radical (unpaired) electrons. The van der Waals surface area contributed by atoms with Crippen molar-refractivity contribution in [3.8, 4) is 0 Å². The van der Waals surface area contributed by atoms with Crippen molar-refractivity contribution in [1.82, 2.24) is 4.98 Å². The summed E-state index contributed by atoms with van der Waals surface area (Å²) in [4.78, 5) is 35.8. The first kappa shape index (κ1) is 26.3. The van der Waals surface area contributed by atoms with Crippen molar-refractivity contribution in [3.05, 3.63) is 24.0 Å². The zero-order valence-electron chi connectivity index (χ0n) is 21.9. The molecule has 4 fully saturated rings. The minimum atomic E-state index is -2.34.